The number of likely N-dealkylation sites (N-methyl/N-ethyl adjacent to an activating group) is 1. The van der Waals surface area contributed by atoms with Gasteiger partial charge in [0, 0.05) is 19.6 Å². The minimum absolute atomic E-state index is 0.448. The molecular weight excluding hydrogens is 172 g/mol. The molecule has 0 aliphatic heterocycles. The molecule has 1 N–H and O–H groups in total. The minimum atomic E-state index is 0.448. The average molecular weight is 200 g/mol. The second-order valence-electron chi connectivity index (χ2n) is 4.72. The highest BCUT2D eigenvalue weighted by atomic mass is 15.1. The van der Waals surface area contributed by atoms with Gasteiger partial charge in [-0.3, -0.25) is 0 Å². The first-order valence-corrected chi connectivity index (χ1v) is 5.98. The van der Waals surface area contributed by atoms with Crippen LogP contribution in [0.15, 0.2) is 0 Å². The molecule has 0 rings (SSSR count). The number of hydrogen-bond donors (Lipinski definition) is 1. The lowest BCUT2D eigenvalue weighted by Gasteiger charge is -2.24. The molecule has 0 saturated carbocycles. The molecule has 0 aliphatic carbocycles. The van der Waals surface area contributed by atoms with Crippen LogP contribution in [0.5, 0.6) is 0 Å². The van der Waals surface area contributed by atoms with Crippen molar-refractivity contribution in [3.63, 3.8) is 0 Å². The first kappa shape index (κ1) is 13.9. The van der Waals surface area contributed by atoms with Gasteiger partial charge in [0.15, 0.2) is 0 Å². The lowest BCUT2D eigenvalue weighted by Crippen LogP contribution is -2.36. The van der Waals surface area contributed by atoms with Crippen LogP contribution in [0.25, 0.3) is 0 Å². The zero-order chi connectivity index (χ0) is 11.0. The molecule has 0 bridgehead atoms. The molecule has 0 unspecified atom stereocenters. The Hall–Kier alpha value is -0.0800. The van der Waals surface area contributed by atoms with Gasteiger partial charge < -0.3 is 10.2 Å². The van der Waals surface area contributed by atoms with Crippen LogP contribution in [-0.4, -0.2) is 37.6 Å². The van der Waals surface area contributed by atoms with Crippen molar-refractivity contribution in [2.24, 2.45) is 5.41 Å². The van der Waals surface area contributed by atoms with Crippen LogP contribution < -0.4 is 5.32 Å². The van der Waals surface area contributed by atoms with Gasteiger partial charge in [0.25, 0.3) is 0 Å². The summed E-state index contributed by atoms with van der Waals surface area (Å²) < 4.78 is 0. The Bertz CT molecular complexity index is 128. The highest BCUT2D eigenvalue weighted by molar-refractivity contribution is 4.69. The topological polar surface area (TPSA) is 15.3 Å². The summed E-state index contributed by atoms with van der Waals surface area (Å²) in [6.45, 7) is 17.1. The molecule has 0 amide bonds. The quantitative estimate of drug-likeness (QED) is 0.605. The van der Waals surface area contributed by atoms with E-state index in [1.54, 1.807) is 0 Å². The molecule has 0 aromatic carbocycles. The smallest absolute Gasteiger partial charge is 0.0107 e. The second-order valence-corrected chi connectivity index (χ2v) is 4.72. The Morgan fingerprint density at radius 2 is 1.64 bits per heavy atom. The predicted octanol–water partition coefficient (Wildman–Crippen LogP) is 2.35. The molecule has 0 heterocycles. The van der Waals surface area contributed by atoms with Crippen molar-refractivity contribution in [1.29, 1.82) is 0 Å². The molecule has 0 atom stereocenters. The lowest BCUT2D eigenvalue weighted by molar-refractivity contribution is 0.281. The Morgan fingerprint density at radius 3 is 2.07 bits per heavy atom. The van der Waals surface area contributed by atoms with E-state index in [0.29, 0.717) is 5.41 Å². The number of hydrogen-bond acceptors (Lipinski definition) is 2. The summed E-state index contributed by atoms with van der Waals surface area (Å²) in [6.07, 6.45) is 1.24. The SMILES string of the molecule is CCN(CC)CCNCC(C)(C)CC. The van der Waals surface area contributed by atoms with Gasteiger partial charge in [-0.05, 0) is 24.9 Å². The largest absolute Gasteiger partial charge is 0.315 e. The van der Waals surface area contributed by atoms with Gasteiger partial charge in [-0.1, -0.05) is 34.6 Å². The molecule has 0 saturated heterocycles. The van der Waals surface area contributed by atoms with Crippen molar-refractivity contribution < 1.29 is 0 Å². The molecule has 0 aliphatic rings. The molecular formula is C12H28N2. The third-order valence-electron chi connectivity index (χ3n) is 3.06. The number of rotatable bonds is 8. The first-order valence-electron chi connectivity index (χ1n) is 5.98. The normalized spacial score (nSPS) is 12.4. The second kappa shape index (κ2) is 7.24. The maximum Gasteiger partial charge on any atom is 0.0107 e. The van der Waals surface area contributed by atoms with Crippen molar-refractivity contribution in [1.82, 2.24) is 10.2 Å². The van der Waals surface area contributed by atoms with E-state index >= 15 is 0 Å². The van der Waals surface area contributed by atoms with Crippen LogP contribution in [0.3, 0.4) is 0 Å². The summed E-state index contributed by atoms with van der Waals surface area (Å²) in [5.74, 6) is 0. The fraction of sp³-hybridized carbons (Fsp3) is 1.00. The van der Waals surface area contributed by atoms with Gasteiger partial charge >= 0.3 is 0 Å². The van der Waals surface area contributed by atoms with Crippen LogP contribution in [0, 0.1) is 5.41 Å². The molecule has 0 aromatic rings. The standard InChI is InChI=1S/C12H28N2/c1-6-12(4,5)11-13-9-10-14(7-2)8-3/h13H,6-11H2,1-5H3. The molecule has 0 spiro atoms. The van der Waals surface area contributed by atoms with Crippen molar-refractivity contribution in [2.45, 2.75) is 41.0 Å². The number of nitrogens with zero attached hydrogens (tertiary/aromatic N) is 1. The summed E-state index contributed by atoms with van der Waals surface area (Å²) >= 11 is 0. The van der Waals surface area contributed by atoms with E-state index in [-0.39, 0.29) is 0 Å². The molecule has 0 radical (unpaired) electrons. The van der Waals surface area contributed by atoms with E-state index in [9.17, 15) is 0 Å². The Morgan fingerprint density at radius 1 is 1.07 bits per heavy atom. The fourth-order valence-corrected chi connectivity index (χ4v) is 1.33. The van der Waals surface area contributed by atoms with Gasteiger partial charge in [0.2, 0.25) is 0 Å². The van der Waals surface area contributed by atoms with Crippen molar-refractivity contribution in [2.75, 3.05) is 32.7 Å². The van der Waals surface area contributed by atoms with Gasteiger partial charge in [-0.25, -0.2) is 0 Å². The lowest BCUT2D eigenvalue weighted by atomic mass is 9.90. The Kier molecular flexibility index (Phi) is 7.20. The van der Waals surface area contributed by atoms with Crippen molar-refractivity contribution in [3.05, 3.63) is 0 Å². The summed E-state index contributed by atoms with van der Waals surface area (Å²) in [5, 5.41) is 3.53. The Balaban J connectivity index is 3.45. The maximum absolute atomic E-state index is 3.53. The van der Waals surface area contributed by atoms with Gasteiger partial charge in [0.05, 0.1) is 0 Å². The summed E-state index contributed by atoms with van der Waals surface area (Å²) in [7, 11) is 0. The van der Waals surface area contributed by atoms with Crippen LogP contribution in [-0.2, 0) is 0 Å². The zero-order valence-electron chi connectivity index (χ0n) is 10.7. The van der Waals surface area contributed by atoms with Crippen molar-refractivity contribution >= 4 is 0 Å². The zero-order valence-corrected chi connectivity index (χ0v) is 10.7. The minimum Gasteiger partial charge on any atom is -0.315 e. The fourth-order valence-electron chi connectivity index (χ4n) is 1.33. The molecule has 86 valence electrons. The van der Waals surface area contributed by atoms with E-state index < -0.39 is 0 Å². The molecule has 2 heteroatoms. The van der Waals surface area contributed by atoms with Gasteiger partial charge in [-0.15, -0.1) is 0 Å². The van der Waals surface area contributed by atoms with Crippen LogP contribution in [0.2, 0.25) is 0 Å². The van der Waals surface area contributed by atoms with E-state index in [4.69, 9.17) is 0 Å². The average Bonchev–Trinajstić information content (AvgIpc) is 2.18. The molecule has 0 aromatic heterocycles. The third kappa shape index (κ3) is 6.39. The number of nitrogens with one attached hydrogen (secondary N) is 1. The van der Waals surface area contributed by atoms with Crippen molar-refractivity contribution in [3.8, 4) is 0 Å². The monoisotopic (exact) mass is 200 g/mol. The molecule has 0 fully saturated rings. The summed E-state index contributed by atoms with van der Waals surface area (Å²) in [5.41, 5.74) is 0.448. The third-order valence-corrected chi connectivity index (χ3v) is 3.06. The van der Waals surface area contributed by atoms with Crippen LogP contribution in [0.1, 0.15) is 41.0 Å². The molecule has 14 heavy (non-hydrogen) atoms. The van der Waals surface area contributed by atoms with Crippen LogP contribution >= 0.6 is 0 Å². The predicted molar refractivity (Wildman–Crippen MR) is 64.7 cm³/mol. The summed E-state index contributed by atoms with van der Waals surface area (Å²) in [6, 6.07) is 0. The van der Waals surface area contributed by atoms with E-state index in [1.807, 2.05) is 0 Å². The van der Waals surface area contributed by atoms with E-state index in [2.05, 4.69) is 44.8 Å². The van der Waals surface area contributed by atoms with Gasteiger partial charge in [0.1, 0.15) is 0 Å². The first-order chi connectivity index (χ1) is 6.55. The highest BCUT2D eigenvalue weighted by Crippen LogP contribution is 2.17. The van der Waals surface area contributed by atoms with E-state index in [1.165, 1.54) is 13.0 Å². The van der Waals surface area contributed by atoms with E-state index in [0.717, 1.165) is 26.2 Å². The maximum atomic E-state index is 3.53. The molecule has 2 nitrogen and oxygen atoms in total. The highest BCUT2D eigenvalue weighted by Gasteiger charge is 2.13. The summed E-state index contributed by atoms with van der Waals surface area (Å²) in [4.78, 5) is 2.45. The van der Waals surface area contributed by atoms with Gasteiger partial charge in [-0.2, -0.15) is 0 Å². The Labute approximate surface area is 90.1 Å². The van der Waals surface area contributed by atoms with Crippen LogP contribution in [0.4, 0.5) is 0 Å².